The minimum absolute atomic E-state index is 0.0382. The number of carboxylic acids is 1. The summed E-state index contributed by atoms with van der Waals surface area (Å²) in [6, 6.07) is 17.0. The summed E-state index contributed by atoms with van der Waals surface area (Å²) in [4.78, 5) is 27.6. The number of hydrogen-bond acceptors (Lipinski definition) is 5. The zero-order valence-electron chi connectivity index (χ0n) is 22.1. The number of amides is 1. The topological polar surface area (TPSA) is 75.6 Å². The highest BCUT2D eigenvalue weighted by Gasteiger charge is 2.23. The molecule has 1 aromatic heterocycles. The van der Waals surface area contributed by atoms with Crippen molar-refractivity contribution in [3.8, 4) is 11.1 Å². The van der Waals surface area contributed by atoms with Gasteiger partial charge in [-0.05, 0) is 85.2 Å². The molecule has 2 aromatic carbocycles. The molecule has 0 aliphatic heterocycles. The van der Waals surface area contributed by atoms with Gasteiger partial charge in [-0.25, -0.2) is 4.79 Å². The van der Waals surface area contributed by atoms with Crippen LogP contribution in [0.25, 0.3) is 11.1 Å². The lowest BCUT2D eigenvalue weighted by Crippen LogP contribution is -2.41. The molecule has 0 radical (unpaired) electrons. The van der Waals surface area contributed by atoms with Crippen LogP contribution in [0.5, 0.6) is 0 Å². The van der Waals surface area contributed by atoms with Crippen LogP contribution in [-0.4, -0.2) is 35.0 Å². The maximum Gasteiger partial charge on any atom is 0.326 e. The molecule has 1 heterocycles. The monoisotopic (exact) mass is 539 g/mol. The van der Waals surface area contributed by atoms with Gasteiger partial charge in [-0.3, -0.25) is 4.79 Å². The Balaban J connectivity index is 1.89. The van der Waals surface area contributed by atoms with Crippen molar-refractivity contribution >= 4 is 35.0 Å². The predicted octanol–water partition coefficient (Wildman–Crippen LogP) is 7.42. The minimum Gasteiger partial charge on any atom is -0.480 e. The number of thiophene rings is 1. The number of carbonyl (C=O) groups is 2. The summed E-state index contributed by atoms with van der Waals surface area (Å²) in [5.41, 5.74) is 4.21. The van der Waals surface area contributed by atoms with Crippen molar-refractivity contribution in [2.75, 3.05) is 12.0 Å². The molecule has 198 valence electrons. The number of benzene rings is 2. The molecule has 0 fully saturated rings. The van der Waals surface area contributed by atoms with E-state index in [1.54, 1.807) is 29.2 Å². The van der Waals surface area contributed by atoms with Crippen molar-refractivity contribution in [2.45, 2.75) is 65.2 Å². The molecule has 0 saturated carbocycles. The van der Waals surface area contributed by atoms with Crippen LogP contribution in [0.15, 0.2) is 54.6 Å². The third-order valence-electron chi connectivity index (χ3n) is 6.33. The molecule has 0 spiro atoms. The number of unbranched alkanes of at least 4 members (excludes halogenated alkanes) is 1. The van der Waals surface area contributed by atoms with Gasteiger partial charge in [0, 0.05) is 15.3 Å². The summed E-state index contributed by atoms with van der Waals surface area (Å²) in [6.07, 6.45) is 5.50. The number of carbonyl (C=O) groups excluding carboxylic acids is 1. The molecule has 37 heavy (non-hydrogen) atoms. The third-order valence-corrected chi connectivity index (χ3v) is 8.06. The van der Waals surface area contributed by atoms with Crippen LogP contribution < -0.4 is 5.32 Å². The lowest BCUT2D eigenvalue weighted by molar-refractivity contribution is -0.139. The highest BCUT2D eigenvalue weighted by atomic mass is 32.2. The minimum atomic E-state index is -1.02. The Kier molecular flexibility index (Phi) is 11.2. The second-order valence-electron chi connectivity index (χ2n) is 9.23. The number of hydrogen-bond donors (Lipinski definition) is 2. The van der Waals surface area contributed by atoms with Gasteiger partial charge in [-0.15, -0.1) is 11.3 Å². The van der Waals surface area contributed by atoms with E-state index in [1.165, 1.54) is 9.75 Å². The molecule has 0 aliphatic rings. The van der Waals surface area contributed by atoms with Gasteiger partial charge in [0.25, 0.3) is 5.91 Å². The number of carboxylic acid groups (broad SMARTS) is 1. The van der Waals surface area contributed by atoms with Crippen LogP contribution in [0.4, 0.5) is 0 Å². The Hall–Kier alpha value is -2.61. The summed E-state index contributed by atoms with van der Waals surface area (Å²) >= 11 is 3.33. The maximum atomic E-state index is 13.3. The fraction of sp³-hybridized carbons (Fsp3) is 0.400. The van der Waals surface area contributed by atoms with Crippen molar-refractivity contribution in [3.63, 3.8) is 0 Å². The van der Waals surface area contributed by atoms with Gasteiger partial charge in [0.05, 0.1) is 12.7 Å². The van der Waals surface area contributed by atoms with E-state index >= 15 is 0 Å². The zero-order chi connectivity index (χ0) is 26.8. The van der Waals surface area contributed by atoms with Gasteiger partial charge < -0.3 is 15.2 Å². The molecule has 2 N–H and O–H groups in total. The van der Waals surface area contributed by atoms with Crippen molar-refractivity contribution in [3.05, 3.63) is 81.0 Å². The van der Waals surface area contributed by atoms with E-state index in [9.17, 15) is 14.7 Å². The summed E-state index contributed by atoms with van der Waals surface area (Å²) in [5, 5.41) is 12.3. The summed E-state index contributed by atoms with van der Waals surface area (Å²) < 4.78 is 6.42. The quantitative estimate of drug-likeness (QED) is 0.223. The number of ether oxygens (including phenoxy) is 1. The summed E-state index contributed by atoms with van der Waals surface area (Å²) in [6.45, 7) is 6.74. The standard InChI is InChI=1S/C30H37NO4S2/c1-5-6-11-27(28-15-12-21(3)37-28)35-19-22-13-14-24(25(18-22)23-10-8-7-9-20(23)2)29(32)31-26(30(33)34)16-17-36-4/h7-10,12-15,18,26-27H,5-6,11,16-17,19H2,1-4H3,(H,31,32)(H,33,34). The lowest BCUT2D eigenvalue weighted by Gasteiger charge is -2.19. The molecule has 5 nitrogen and oxygen atoms in total. The second-order valence-corrected chi connectivity index (χ2v) is 11.5. The van der Waals surface area contributed by atoms with Gasteiger partial charge in [0.1, 0.15) is 6.04 Å². The van der Waals surface area contributed by atoms with Crippen LogP contribution in [0, 0.1) is 13.8 Å². The van der Waals surface area contributed by atoms with Gasteiger partial charge >= 0.3 is 5.97 Å². The SMILES string of the molecule is CCCCC(OCc1ccc(C(=O)NC(CCSC)C(=O)O)c(-c2ccccc2C)c1)c1ccc(C)s1. The van der Waals surface area contributed by atoms with Gasteiger partial charge in [0.2, 0.25) is 0 Å². The summed E-state index contributed by atoms with van der Waals surface area (Å²) in [7, 11) is 0. The highest BCUT2D eigenvalue weighted by molar-refractivity contribution is 7.98. The Morgan fingerprint density at radius 3 is 2.49 bits per heavy atom. The highest BCUT2D eigenvalue weighted by Crippen LogP contribution is 2.32. The molecule has 3 rings (SSSR count). The number of rotatable bonds is 14. The molecule has 2 atom stereocenters. The molecule has 1 amide bonds. The molecule has 0 aliphatic carbocycles. The van der Waals surface area contributed by atoms with E-state index in [1.807, 2.05) is 49.6 Å². The molecular formula is C30H37NO4S2. The maximum absolute atomic E-state index is 13.3. The largest absolute Gasteiger partial charge is 0.480 e. The molecule has 0 saturated heterocycles. The van der Waals surface area contributed by atoms with Crippen LogP contribution >= 0.6 is 23.1 Å². The number of thioether (sulfide) groups is 1. The van der Waals surface area contributed by atoms with Crippen molar-refractivity contribution in [2.24, 2.45) is 0 Å². The smallest absolute Gasteiger partial charge is 0.326 e. The first-order valence-corrected chi connectivity index (χ1v) is 14.9. The molecule has 3 aromatic rings. The number of aryl methyl sites for hydroxylation is 2. The Morgan fingerprint density at radius 2 is 1.84 bits per heavy atom. The van der Waals surface area contributed by atoms with E-state index in [-0.39, 0.29) is 12.0 Å². The second kappa shape index (κ2) is 14.4. The Morgan fingerprint density at radius 1 is 1.05 bits per heavy atom. The fourth-order valence-electron chi connectivity index (χ4n) is 4.23. The molecule has 2 unspecified atom stereocenters. The third kappa shape index (κ3) is 8.19. The molecular weight excluding hydrogens is 502 g/mol. The first-order valence-electron chi connectivity index (χ1n) is 12.7. The van der Waals surface area contributed by atoms with E-state index in [2.05, 4.69) is 31.3 Å². The first kappa shape index (κ1) is 29.0. The number of nitrogens with one attached hydrogen (secondary N) is 1. The van der Waals surface area contributed by atoms with Crippen LogP contribution in [0.1, 0.15) is 70.0 Å². The van der Waals surface area contributed by atoms with E-state index < -0.39 is 12.0 Å². The molecule has 7 heteroatoms. The summed E-state index contributed by atoms with van der Waals surface area (Å²) in [5.74, 6) is -0.748. The average Bonchev–Trinajstić information content (AvgIpc) is 3.32. The van der Waals surface area contributed by atoms with Crippen LogP contribution in [-0.2, 0) is 16.1 Å². The van der Waals surface area contributed by atoms with Gasteiger partial charge in [-0.2, -0.15) is 11.8 Å². The van der Waals surface area contributed by atoms with E-state index in [4.69, 9.17) is 4.74 Å². The number of aliphatic carboxylic acids is 1. The van der Waals surface area contributed by atoms with Crippen molar-refractivity contribution < 1.29 is 19.4 Å². The normalized spacial score (nSPS) is 12.8. The lowest BCUT2D eigenvalue weighted by atomic mass is 9.93. The van der Waals surface area contributed by atoms with Crippen LogP contribution in [0.3, 0.4) is 0 Å². The van der Waals surface area contributed by atoms with Gasteiger partial charge in [-0.1, -0.05) is 50.1 Å². The van der Waals surface area contributed by atoms with Crippen LogP contribution in [0.2, 0.25) is 0 Å². The predicted molar refractivity (Wildman–Crippen MR) is 155 cm³/mol. The Labute approximate surface area is 228 Å². The van der Waals surface area contributed by atoms with Gasteiger partial charge in [0.15, 0.2) is 0 Å². The van der Waals surface area contributed by atoms with Crippen molar-refractivity contribution in [1.82, 2.24) is 5.32 Å². The first-order chi connectivity index (χ1) is 17.8. The average molecular weight is 540 g/mol. The van der Waals surface area contributed by atoms with Crippen molar-refractivity contribution in [1.29, 1.82) is 0 Å². The van der Waals surface area contributed by atoms with E-state index in [0.717, 1.165) is 41.5 Å². The molecule has 0 bridgehead atoms. The zero-order valence-corrected chi connectivity index (χ0v) is 23.7. The Bertz CT molecular complexity index is 1190. The fourth-order valence-corrected chi connectivity index (χ4v) is 5.66. The van der Waals surface area contributed by atoms with E-state index in [0.29, 0.717) is 24.3 Å².